The van der Waals surface area contributed by atoms with E-state index in [0.29, 0.717) is 11.5 Å². The van der Waals surface area contributed by atoms with Crippen molar-refractivity contribution in [3.8, 4) is 11.5 Å². The Morgan fingerprint density at radius 3 is 2.62 bits per heavy atom. The van der Waals surface area contributed by atoms with E-state index in [1.54, 1.807) is 19.9 Å². The molecule has 1 heterocycles. The summed E-state index contributed by atoms with van der Waals surface area (Å²) in [6.45, 7) is 3.36. The van der Waals surface area contributed by atoms with Gasteiger partial charge in [-0.2, -0.15) is 0 Å². The van der Waals surface area contributed by atoms with Gasteiger partial charge in [0.25, 0.3) is 0 Å². The molecule has 70 valence electrons. The molecule has 1 aliphatic rings. The lowest BCUT2D eigenvalue weighted by Gasteiger charge is -2.36. The van der Waals surface area contributed by atoms with Crippen molar-refractivity contribution in [3.05, 3.63) is 24.3 Å². The summed E-state index contributed by atoms with van der Waals surface area (Å²) in [5.74, 6) is 0.0288. The molecule has 1 aromatic carbocycles. The van der Waals surface area contributed by atoms with Crippen LogP contribution in [0.2, 0.25) is 0 Å². The van der Waals surface area contributed by atoms with Crippen LogP contribution in [0.3, 0.4) is 0 Å². The zero-order valence-corrected chi connectivity index (χ0v) is 7.65. The molecule has 3 heteroatoms. The minimum absolute atomic E-state index is 0.359. The summed E-state index contributed by atoms with van der Waals surface area (Å²) in [4.78, 5) is 0. The second-order valence-corrected chi connectivity index (χ2v) is 3.36. The van der Waals surface area contributed by atoms with E-state index in [1.807, 2.05) is 18.2 Å². The Hall–Kier alpha value is -1.22. The average Bonchev–Trinajstić information content (AvgIpc) is 2.06. The normalized spacial score (nSPS) is 31.5. The van der Waals surface area contributed by atoms with Crippen LogP contribution in [0.25, 0.3) is 0 Å². The van der Waals surface area contributed by atoms with Crippen molar-refractivity contribution in [3.63, 3.8) is 0 Å². The lowest BCUT2D eigenvalue weighted by molar-refractivity contribution is -0.194. The van der Waals surface area contributed by atoms with Crippen molar-refractivity contribution in [2.75, 3.05) is 0 Å². The Morgan fingerprint density at radius 1 is 1.31 bits per heavy atom. The Kier molecular flexibility index (Phi) is 1.70. The lowest BCUT2D eigenvalue weighted by Crippen LogP contribution is -2.48. The predicted molar refractivity (Wildman–Crippen MR) is 47.8 cm³/mol. The van der Waals surface area contributed by atoms with Crippen LogP contribution in [-0.2, 0) is 0 Å². The fraction of sp³-hybridized carbons (Fsp3) is 0.400. The van der Waals surface area contributed by atoms with Crippen LogP contribution in [0.4, 0.5) is 0 Å². The summed E-state index contributed by atoms with van der Waals surface area (Å²) >= 11 is 0. The van der Waals surface area contributed by atoms with Crippen molar-refractivity contribution in [1.82, 2.24) is 0 Å². The monoisotopic (exact) mass is 180 g/mol. The van der Waals surface area contributed by atoms with Gasteiger partial charge in [-0.1, -0.05) is 12.1 Å². The third-order valence-corrected chi connectivity index (χ3v) is 2.22. The molecule has 1 N–H and O–H groups in total. The molecule has 1 aliphatic heterocycles. The highest BCUT2D eigenvalue weighted by Crippen LogP contribution is 2.36. The van der Waals surface area contributed by atoms with Crippen molar-refractivity contribution in [2.45, 2.75) is 25.7 Å². The molecule has 0 aromatic heterocycles. The van der Waals surface area contributed by atoms with E-state index in [9.17, 15) is 5.11 Å². The van der Waals surface area contributed by atoms with Gasteiger partial charge in [-0.05, 0) is 19.1 Å². The van der Waals surface area contributed by atoms with Crippen LogP contribution in [0.1, 0.15) is 13.8 Å². The third kappa shape index (κ3) is 1.35. The van der Waals surface area contributed by atoms with E-state index in [2.05, 4.69) is 0 Å². The first-order valence-corrected chi connectivity index (χ1v) is 4.27. The minimum Gasteiger partial charge on any atom is -0.480 e. The second kappa shape index (κ2) is 2.64. The number of rotatable bonds is 0. The van der Waals surface area contributed by atoms with E-state index in [-0.39, 0.29) is 6.10 Å². The summed E-state index contributed by atoms with van der Waals surface area (Å²) in [6, 6.07) is 7.31. The first-order valence-electron chi connectivity index (χ1n) is 4.27. The van der Waals surface area contributed by atoms with Gasteiger partial charge >= 0.3 is 0 Å². The maximum atomic E-state index is 9.74. The molecule has 0 spiro atoms. The molecule has 0 aliphatic carbocycles. The van der Waals surface area contributed by atoms with E-state index < -0.39 is 5.79 Å². The number of fused-ring (bicyclic) bond motifs is 1. The van der Waals surface area contributed by atoms with E-state index in [4.69, 9.17) is 9.47 Å². The van der Waals surface area contributed by atoms with Crippen molar-refractivity contribution >= 4 is 0 Å². The molecular formula is C10H12O3. The molecule has 0 amide bonds. The highest BCUT2D eigenvalue weighted by molar-refractivity contribution is 5.41. The van der Waals surface area contributed by atoms with E-state index in [1.165, 1.54) is 0 Å². The summed E-state index contributed by atoms with van der Waals surface area (Å²) in [5, 5.41) is 9.74. The van der Waals surface area contributed by atoms with Crippen LogP contribution in [0, 0.1) is 0 Å². The SMILES string of the molecule is CC1Oc2ccccc2OC1(C)O. The van der Waals surface area contributed by atoms with E-state index >= 15 is 0 Å². The molecule has 0 saturated heterocycles. The molecule has 2 rings (SSSR count). The van der Waals surface area contributed by atoms with Crippen LogP contribution in [0.5, 0.6) is 11.5 Å². The first kappa shape index (κ1) is 8.38. The maximum absolute atomic E-state index is 9.74. The maximum Gasteiger partial charge on any atom is 0.242 e. The Labute approximate surface area is 76.9 Å². The number of para-hydroxylation sites is 2. The molecule has 0 fully saturated rings. The van der Waals surface area contributed by atoms with Gasteiger partial charge in [-0.15, -0.1) is 0 Å². The highest BCUT2D eigenvalue weighted by Gasteiger charge is 2.37. The molecule has 13 heavy (non-hydrogen) atoms. The lowest BCUT2D eigenvalue weighted by atomic mass is 10.1. The topological polar surface area (TPSA) is 38.7 Å². The fourth-order valence-corrected chi connectivity index (χ4v) is 1.24. The Bertz CT molecular complexity index is 320. The molecule has 0 saturated carbocycles. The van der Waals surface area contributed by atoms with Gasteiger partial charge in [-0.3, -0.25) is 0 Å². The number of benzene rings is 1. The first-order chi connectivity index (χ1) is 6.09. The Balaban J connectivity index is 2.39. The van der Waals surface area contributed by atoms with Gasteiger partial charge in [0.15, 0.2) is 17.6 Å². The smallest absolute Gasteiger partial charge is 0.242 e. The largest absolute Gasteiger partial charge is 0.480 e. The summed E-state index contributed by atoms with van der Waals surface area (Å²) in [5.41, 5.74) is 0. The summed E-state index contributed by atoms with van der Waals surface area (Å²) in [7, 11) is 0. The van der Waals surface area contributed by atoms with Gasteiger partial charge in [0, 0.05) is 6.92 Å². The standard InChI is InChI=1S/C10H12O3/c1-7-10(2,11)13-9-6-4-3-5-8(9)12-7/h3-7,11H,1-2H3. The van der Waals surface area contributed by atoms with Gasteiger partial charge in [0.1, 0.15) is 0 Å². The number of ether oxygens (including phenoxy) is 2. The molecular weight excluding hydrogens is 168 g/mol. The van der Waals surface area contributed by atoms with Crippen LogP contribution >= 0.6 is 0 Å². The minimum atomic E-state index is -1.24. The Morgan fingerprint density at radius 2 is 1.92 bits per heavy atom. The van der Waals surface area contributed by atoms with Crippen LogP contribution in [0.15, 0.2) is 24.3 Å². The zero-order valence-electron chi connectivity index (χ0n) is 7.65. The van der Waals surface area contributed by atoms with Crippen molar-refractivity contribution in [2.24, 2.45) is 0 Å². The molecule has 2 unspecified atom stereocenters. The van der Waals surface area contributed by atoms with Gasteiger partial charge in [-0.25, -0.2) is 0 Å². The molecule has 2 atom stereocenters. The summed E-state index contributed by atoms with van der Waals surface area (Å²) < 4.78 is 10.8. The number of hydrogen-bond donors (Lipinski definition) is 1. The van der Waals surface area contributed by atoms with Gasteiger partial charge in [0.2, 0.25) is 5.79 Å². The van der Waals surface area contributed by atoms with Crippen molar-refractivity contribution < 1.29 is 14.6 Å². The van der Waals surface area contributed by atoms with Gasteiger partial charge < -0.3 is 14.6 Å². The van der Waals surface area contributed by atoms with Crippen molar-refractivity contribution in [1.29, 1.82) is 0 Å². The molecule has 0 bridgehead atoms. The zero-order chi connectivity index (χ0) is 9.47. The average molecular weight is 180 g/mol. The predicted octanol–water partition coefficient (Wildman–Crippen LogP) is 1.55. The second-order valence-electron chi connectivity index (χ2n) is 3.36. The number of hydrogen-bond acceptors (Lipinski definition) is 3. The fourth-order valence-electron chi connectivity index (χ4n) is 1.24. The van der Waals surface area contributed by atoms with Crippen LogP contribution < -0.4 is 9.47 Å². The highest BCUT2D eigenvalue weighted by atomic mass is 16.7. The quantitative estimate of drug-likeness (QED) is 0.658. The number of aliphatic hydroxyl groups is 1. The van der Waals surface area contributed by atoms with E-state index in [0.717, 1.165) is 0 Å². The third-order valence-electron chi connectivity index (χ3n) is 2.22. The molecule has 3 nitrogen and oxygen atoms in total. The summed E-state index contributed by atoms with van der Waals surface area (Å²) in [6.07, 6.45) is -0.359. The van der Waals surface area contributed by atoms with Gasteiger partial charge in [0.05, 0.1) is 0 Å². The van der Waals surface area contributed by atoms with Crippen LogP contribution in [-0.4, -0.2) is 17.0 Å². The molecule has 0 radical (unpaired) electrons. The molecule has 1 aromatic rings.